The van der Waals surface area contributed by atoms with Crippen LogP contribution in [0.25, 0.3) is 0 Å². The Morgan fingerprint density at radius 3 is 2.33 bits per heavy atom. The van der Waals surface area contributed by atoms with Crippen LogP contribution in [0.4, 0.5) is 11.4 Å². The number of rotatable bonds is 8. The molecular formula is C16H22N4O3S. The molecule has 2 aromatic carbocycles. The first kappa shape index (κ1) is 18.2. The summed E-state index contributed by atoms with van der Waals surface area (Å²) in [5.41, 5.74) is 5.13. The van der Waals surface area contributed by atoms with Gasteiger partial charge in [-0.3, -0.25) is 15.0 Å². The summed E-state index contributed by atoms with van der Waals surface area (Å²) < 4.78 is 32.7. The minimum absolute atomic E-state index is 0.112. The number of nitrogens with one attached hydrogen (secondary N) is 3. The number of hydrazine groups is 1. The molecule has 24 heavy (non-hydrogen) atoms. The average Bonchev–Trinajstić information content (AvgIpc) is 2.56. The van der Waals surface area contributed by atoms with Crippen LogP contribution in [-0.2, 0) is 16.7 Å². The van der Waals surface area contributed by atoms with Crippen molar-refractivity contribution in [3.8, 4) is 0 Å². The predicted octanol–water partition coefficient (Wildman–Crippen LogP) is 1.66. The zero-order chi connectivity index (χ0) is 17.6. The number of benzene rings is 2. The molecule has 0 atom stereocenters. The van der Waals surface area contributed by atoms with Gasteiger partial charge in [0.05, 0.1) is 18.0 Å². The number of para-hydroxylation sites is 1. The second kappa shape index (κ2) is 8.11. The molecule has 0 aliphatic carbocycles. The first-order valence-corrected chi connectivity index (χ1v) is 8.88. The molecule has 2 aromatic rings. The van der Waals surface area contributed by atoms with Crippen LogP contribution < -0.4 is 21.1 Å². The summed E-state index contributed by atoms with van der Waals surface area (Å²) in [4.78, 5) is -0.112. The summed E-state index contributed by atoms with van der Waals surface area (Å²) in [5.74, 6) is 0. The van der Waals surface area contributed by atoms with Crippen molar-refractivity contribution >= 4 is 21.5 Å². The van der Waals surface area contributed by atoms with Crippen molar-refractivity contribution in [1.29, 1.82) is 0 Å². The molecule has 130 valence electrons. The summed E-state index contributed by atoms with van der Waals surface area (Å²) >= 11 is 0. The fourth-order valence-corrected chi connectivity index (χ4v) is 3.07. The highest BCUT2D eigenvalue weighted by molar-refractivity contribution is 7.85. The molecule has 4 N–H and O–H groups in total. The molecule has 0 amide bonds. The van der Waals surface area contributed by atoms with Crippen molar-refractivity contribution < 1.29 is 13.0 Å². The first-order valence-electron chi connectivity index (χ1n) is 7.44. The Morgan fingerprint density at radius 1 is 1.04 bits per heavy atom. The second-order valence-electron chi connectivity index (χ2n) is 5.21. The van der Waals surface area contributed by atoms with Gasteiger partial charge in [-0.25, -0.2) is 0 Å². The zero-order valence-electron chi connectivity index (χ0n) is 13.7. The second-order valence-corrected chi connectivity index (χ2v) is 6.60. The van der Waals surface area contributed by atoms with Crippen molar-refractivity contribution in [3.63, 3.8) is 0 Å². The molecule has 0 aromatic heterocycles. The van der Waals surface area contributed by atoms with E-state index in [1.54, 1.807) is 19.2 Å². The molecule has 0 bridgehead atoms. The molecule has 0 aliphatic rings. The topological polar surface area (TPSA) is 93.7 Å². The SMILES string of the molecule is CNCc1ccc(NN(CNC)c2ccccc2)cc1S(=O)(=O)O. The highest BCUT2D eigenvalue weighted by Crippen LogP contribution is 2.22. The Morgan fingerprint density at radius 2 is 1.75 bits per heavy atom. The van der Waals surface area contributed by atoms with Crippen molar-refractivity contribution in [2.75, 3.05) is 31.2 Å². The van der Waals surface area contributed by atoms with Crippen LogP contribution in [0, 0.1) is 0 Å². The van der Waals surface area contributed by atoms with Gasteiger partial charge in [-0.2, -0.15) is 8.42 Å². The van der Waals surface area contributed by atoms with Crippen molar-refractivity contribution in [3.05, 3.63) is 54.1 Å². The van der Waals surface area contributed by atoms with Crippen LogP contribution in [-0.4, -0.2) is 33.7 Å². The van der Waals surface area contributed by atoms with E-state index in [2.05, 4.69) is 16.1 Å². The van der Waals surface area contributed by atoms with E-state index < -0.39 is 10.1 Å². The maximum absolute atomic E-state index is 11.6. The predicted molar refractivity (Wildman–Crippen MR) is 95.5 cm³/mol. The summed E-state index contributed by atoms with van der Waals surface area (Å²) in [6.07, 6.45) is 0. The lowest BCUT2D eigenvalue weighted by atomic mass is 10.2. The largest absolute Gasteiger partial charge is 0.316 e. The fraction of sp³-hybridized carbons (Fsp3) is 0.250. The van der Waals surface area contributed by atoms with Crippen molar-refractivity contribution in [2.24, 2.45) is 0 Å². The maximum atomic E-state index is 11.6. The van der Waals surface area contributed by atoms with Gasteiger partial charge in [0.2, 0.25) is 0 Å². The van der Waals surface area contributed by atoms with Gasteiger partial charge in [-0.05, 0) is 43.9 Å². The molecule has 8 heteroatoms. The Kier molecular flexibility index (Phi) is 6.16. The van der Waals surface area contributed by atoms with Crippen LogP contribution >= 0.6 is 0 Å². The standard InChI is InChI=1S/C16H22N4O3S/c1-17-11-13-8-9-14(10-16(13)24(21,22)23)19-20(12-18-2)15-6-4-3-5-7-15/h3-10,17-19H,11-12H2,1-2H3,(H,21,22,23). The quantitative estimate of drug-likeness (QED) is 0.327. The highest BCUT2D eigenvalue weighted by atomic mass is 32.2. The van der Waals surface area contributed by atoms with Gasteiger partial charge < -0.3 is 10.6 Å². The molecule has 0 fully saturated rings. The van der Waals surface area contributed by atoms with Gasteiger partial charge in [0.1, 0.15) is 4.90 Å². The number of hydrogen-bond donors (Lipinski definition) is 4. The Hall–Kier alpha value is -2.13. The molecular weight excluding hydrogens is 328 g/mol. The van der Waals surface area contributed by atoms with E-state index in [1.807, 2.05) is 42.4 Å². The van der Waals surface area contributed by atoms with Gasteiger partial charge >= 0.3 is 0 Å². The fourth-order valence-electron chi connectivity index (χ4n) is 2.32. The lowest BCUT2D eigenvalue weighted by molar-refractivity contribution is 0.481. The highest BCUT2D eigenvalue weighted by Gasteiger charge is 2.16. The van der Waals surface area contributed by atoms with Crippen molar-refractivity contribution in [2.45, 2.75) is 11.4 Å². The Labute approximate surface area is 142 Å². The van der Waals surface area contributed by atoms with Crippen molar-refractivity contribution in [1.82, 2.24) is 10.6 Å². The summed E-state index contributed by atoms with van der Waals surface area (Å²) in [5, 5.41) is 7.77. The molecule has 0 aliphatic heterocycles. The normalized spacial score (nSPS) is 11.3. The number of anilines is 2. The average molecular weight is 350 g/mol. The summed E-state index contributed by atoms with van der Waals surface area (Å²) in [6, 6.07) is 14.5. The molecule has 0 saturated carbocycles. The van der Waals surface area contributed by atoms with E-state index in [4.69, 9.17) is 0 Å². The van der Waals surface area contributed by atoms with Gasteiger partial charge in [-0.1, -0.05) is 24.3 Å². The lowest BCUT2D eigenvalue weighted by Gasteiger charge is -2.26. The van der Waals surface area contributed by atoms with E-state index in [0.29, 0.717) is 24.5 Å². The van der Waals surface area contributed by atoms with E-state index in [0.717, 1.165) is 5.69 Å². The molecule has 0 saturated heterocycles. The van der Waals surface area contributed by atoms with E-state index >= 15 is 0 Å². The Bertz CT molecular complexity index is 766. The minimum Gasteiger partial charge on any atom is -0.316 e. The monoisotopic (exact) mass is 350 g/mol. The van der Waals surface area contributed by atoms with Gasteiger partial charge in [0.25, 0.3) is 10.1 Å². The van der Waals surface area contributed by atoms with Crippen LogP contribution in [0.1, 0.15) is 5.56 Å². The maximum Gasteiger partial charge on any atom is 0.294 e. The summed E-state index contributed by atoms with van der Waals surface area (Å²) in [7, 11) is -0.776. The molecule has 2 rings (SSSR count). The minimum atomic E-state index is -4.31. The van der Waals surface area contributed by atoms with Crippen LogP contribution in [0.5, 0.6) is 0 Å². The third-order valence-electron chi connectivity index (χ3n) is 3.36. The van der Waals surface area contributed by atoms with Gasteiger partial charge in [0.15, 0.2) is 0 Å². The lowest BCUT2D eigenvalue weighted by Crippen LogP contribution is -2.37. The molecule has 7 nitrogen and oxygen atoms in total. The first-order chi connectivity index (χ1) is 11.5. The smallest absolute Gasteiger partial charge is 0.294 e. The third kappa shape index (κ3) is 4.68. The molecule has 0 unspecified atom stereocenters. The zero-order valence-corrected chi connectivity index (χ0v) is 14.5. The van der Waals surface area contributed by atoms with E-state index in [-0.39, 0.29) is 4.90 Å². The molecule has 0 spiro atoms. The Balaban J connectivity index is 2.34. The van der Waals surface area contributed by atoms with Crippen LogP contribution in [0.15, 0.2) is 53.4 Å². The number of hydrogen-bond acceptors (Lipinski definition) is 6. The molecule has 0 heterocycles. The van der Waals surface area contributed by atoms with Gasteiger partial charge in [-0.15, -0.1) is 0 Å². The third-order valence-corrected chi connectivity index (χ3v) is 4.30. The van der Waals surface area contributed by atoms with Gasteiger partial charge in [0, 0.05) is 6.54 Å². The van der Waals surface area contributed by atoms with E-state index in [1.165, 1.54) is 6.07 Å². The molecule has 0 radical (unpaired) electrons. The van der Waals surface area contributed by atoms with E-state index in [9.17, 15) is 13.0 Å². The summed E-state index contributed by atoms with van der Waals surface area (Å²) in [6.45, 7) is 0.845. The van der Waals surface area contributed by atoms with Crippen LogP contribution in [0.2, 0.25) is 0 Å². The number of nitrogens with zero attached hydrogens (tertiary/aromatic N) is 1. The van der Waals surface area contributed by atoms with Crippen LogP contribution in [0.3, 0.4) is 0 Å².